The molecule has 0 saturated carbocycles. The maximum absolute atomic E-state index is 13.1. The van der Waals surface area contributed by atoms with E-state index in [1.807, 2.05) is 50.2 Å². The van der Waals surface area contributed by atoms with E-state index in [4.69, 9.17) is 4.74 Å². The van der Waals surface area contributed by atoms with E-state index in [-0.39, 0.29) is 17.3 Å². The van der Waals surface area contributed by atoms with E-state index >= 15 is 0 Å². The average molecular weight is 613 g/mol. The number of unbranched alkanes of at least 4 members (excludes halogenated alkanes) is 4. The molecule has 8 nitrogen and oxygen atoms in total. The maximum atomic E-state index is 13.1. The second-order valence-corrected chi connectivity index (χ2v) is 13.2. The van der Waals surface area contributed by atoms with E-state index in [0.29, 0.717) is 24.3 Å². The fourth-order valence-electron chi connectivity index (χ4n) is 4.92. The van der Waals surface area contributed by atoms with Gasteiger partial charge in [-0.25, -0.2) is 13.1 Å². The third-order valence-electron chi connectivity index (χ3n) is 7.49. The Morgan fingerprint density at radius 3 is 2.33 bits per heavy atom. The first-order valence-corrected chi connectivity index (χ1v) is 16.7. The van der Waals surface area contributed by atoms with Gasteiger partial charge in [-0.1, -0.05) is 61.4 Å². The number of hydrogen-bond donors (Lipinski definition) is 5. The first-order valence-electron chi connectivity index (χ1n) is 15.2. The van der Waals surface area contributed by atoms with Crippen LogP contribution in [-0.2, 0) is 33.3 Å². The zero-order chi connectivity index (χ0) is 31.1. The smallest absolute Gasteiger partial charge is 0.241 e. The lowest BCUT2D eigenvalue weighted by Gasteiger charge is -2.26. The summed E-state index contributed by atoms with van der Waals surface area (Å²) in [6.45, 7) is 6.13. The van der Waals surface area contributed by atoms with Gasteiger partial charge < -0.3 is 25.4 Å². The lowest BCUT2D eigenvalue weighted by atomic mass is 9.96. The Kier molecular flexibility index (Phi) is 14.1. The highest BCUT2D eigenvalue weighted by molar-refractivity contribution is 7.89. The molecule has 0 bridgehead atoms. The van der Waals surface area contributed by atoms with Gasteiger partial charge in [-0.3, -0.25) is 0 Å². The van der Waals surface area contributed by atoms with Crippen molar-refractivity contribution in [3.8, 4) is 5.75 Å². The normalized spacial score (nSPS) is 12.8. The van der Waals surface area contributed by atoms with E-state index in [1.165, 1.54) is 6.07 Å². The molecule has 3 aromatic carbocycles. The van der Waals surface area contributed by atoms with Crippen molar-refractivity contribution in [2.75, 3.05) is 26.3 Å². The van der Waals surface area contributed by atoms with Crippen molar-refractivity contribution >= 4 is 10.0 Å². The van der Waals surface area contributed by atoms with Crippen LogP contribution in [0, 0.1) is 0 Å². The van der Waals surface area contributed by atoms with Gasteiger partial charge in [0.25, 0.3) is 0 Å². The molecular formula is C34H48N2O6S. The molecule has 0 unspecified atom stereocenters. The zero-order valence-corrected chi connectivity index (χ0v) is 26.3. The van der Waals surface area contributed by atoms with E-state index in [2.05, 4.69) is 10.0 Å². The van der Waals surface area contributed by atoms with Gasteiger partial charge in [0.05, 0.1) is 23.1 Å². The molecule has 43 heavy (non-hydrogen) atoms. The highest BCUT2D eigenvalue weighted by Gasteiger charge is 2.27. The lowest BCUT2D eigenvalue weighted by Crippen LogP contribution is -2.40. The predicted molar refractivity (Wildman–Crippen MR) is 170 cm³/mol. The fraction of sp³-hybridized carbons (Fsp3) is 0.471. The number of benzene rings is 3. The minimum Gasteiger partial charge on any atom is -0.508 e. The second kappa shape index (κ2) is 17.5. The van der Waals surface area contributed by atoms with Crippen molar-refractivity contribution in [2.45, 2.75) is 81.9 Å². The highest BCUT2D eigenvalue weighted by Crippen LogP contribution is 2.24. The summed E-state index contributed by atoms with van der Waals surface area (Å²) in [6, 6.07) is 21.5. The van der Waals surface area contributed by atoms with Gasteiger partial charge in [-0.05, 0) is 93.5 Å². The number of aromatic hydroxyl groups is 1. The zero-order valence-electron chi connectivity index (χ0n) is 25.5. The van der Waals surface area contributed by atoms with Crippen LogP contribution in [0.4, 0.5) is 0 Å². The summed E-state index contributed by atoms with van der Waals surface area (Å²) in [5.41, 5.74) is 2.26. The summed E-state index contributed by atoms with van der Waals surface area (Å²) in [4.78, 5) is 0.283. The number of sulfonamides is 1. The fourth-order valence-corrected chi connectivity index (χ4v) is 6.39. The van der Waals surface area contributed by atoms with Gasteiger partial charge in [0.15, 0.2) is 0 Å². The molecule has 0 aliphatic carbocycles. The van der Waals surface area contributed by atoms with E-state index in [0.717, 1.165) is 69.2 Å². The molecule has 0 radical (unpaired) electrons. The van der Waals surface area contributed by atoms with Gasteiger partial charge >= 0.3 is 0 Å². The molecule has 1 atom stereocenters. The molecule has 0 amide bonds. The summed E-state index contributed by atoms with van der Waals surface area (Å²) in [5.74, 6) is 0.0312. The Bertz CT molecular complexity index is 1350. The molecule has 9 heteroatoms. The van der Waals surface area contributed by atoms with Crippen LogP contribution in [0.2, 0.25) is 0 Å². The number of aryl methyl sites for hydroxylation is 1. The van der Waals surface area contributed by atoms with Crippen molar-refractivity contribution in [1.82, 2.24) is 10.0 Å². The Hall–Kier alpha value is -2.79. The molecule has 0 spiro atoms. The minimum absolute atomic E-state index is 0.0312. The molecule has 236 valence electrons. The summed E-state index contributed by atoms with van der Waals surface area (Å²) in [6.07, 6.45) is 6.13. The lowest BCUT2D eigenvalue weighted by molar-refractivity contribution is 0.126. The third kappa shape index (κ3) is 11.7. The largest absolute Gasteiger partial charge is 0.508 e. The van der Waals surface area contributed by atoms with Gasteiger partial charge in [-0.2, -0.15) is 0 Å². The van der Waals surface area contributed by atoms with Crippen molar-refractivity contribution in [1.29, 1.82) is 0 Å². The number of ether oxygens (including phenoxy) is 1. The Balaban J connectivity index is 1.23. The second-order valence-electron chi connectivity index (χ2n) is 11.5. The third-order valence-corrected chi connectivity index (χ3v) is 9.14. The van der Waals surface area contributed by atoms with E-state index in [1.54, 1.807) is 30.3 Å². The first kappa shape index (κ1) is 34.7. The standard InChI is InChI=1S/C34H48N2O6S/c1-34(2,30-15-6-5-7-16-30)36-43(40,41)31-17-12-14-27(23-31)13-8-11-22-42-21-10-4-3-9-20-35-25-33(39)28-18-19-32(38)29(24-28)26-37/h5-7,12,14-19,23-24,33,35-39H,3-4,8-11,13,20-22,25-26H2,1-2H3/t33-/m1/s1. The molecule has 3 aromatic rings. The summed E-state index contributed by atoms with van der Waals surface area (Å²) < 4.78 is 34.8. The highest BCUT2D eigenvalue weighted by atomic mass is 32.2. The first-order chi connectivity index (χ1) is 20.6. The molecular weight excluding hydrogens is 564 g/mol. The Morgan fingerprint density at radius 2 is 1.58 bits per heavy atom. The summed E-state index contributed by atoms with van der Waals surface area (Å²) in [5, 5.41) is 32.5. The number of hydrogen-bond acceptors (Lipinski definition) is 7. The average Bonchev–Trinajstić information content (AvgIpc) is 2.99. The quantitative estimate of drug-likeness (QED) is 0.109. The molecule has 0 heterocycles. The van der Waals surface area contributed by atoms with Crippen LogP contribution < -0.4 is 10.0 Å². The predicted octanol–water partition coefficient (Wildman–Crippen LogP) is 5.32. The maximum Gasteiger partial charge on any atom is 0.241 e. The van der Waals surface area contributed by atoms with Crippen molar-refractivity contribution < 1.29 is 28.5 Å². The topological polar surface area (TPSA) is 128 Å². The molecule has 0 aliphatic heterocycles. The number of aliphatic hydroxyl groups is 2. The molecule has 0 aliphatic rings. The van der Waals surface area contributed by atoms with Crippen LogP contribution in [0.15, 0.2) is 77.7 Å². The molecule has 3 rings (SSSR count). The van der Waals surface area contributed by atoms with Crippen LogP contribution in [0.1, 0.15) is 80.7 Å². The van der Waals surface area contributed by atoms with Crippen molar-refractivity contribution in [2.24, 2.45) is 0 Å². The van der Waals surface area contributed by atoms with Crippen molar-refractivity contribution in [3.63, 3.8) is 0 Å². The van der Waals surface area contributed by atoms with Crippen molar-refractivity contribution in [3.05, 3.63) is 95.1 Å². The number of rotatable bonds is 20. The van der Waals surface area contributed by atoms with Gasteiger partial charge in [0.2, 0.25) is 10.0 Å². The van der Waals surface area contributed by atoms with Gasteiger partial charge in [0.1, 0.15) is 5.75 Å². The molecule has 0 saturated heterocycles. The van der Waals surface area contributed by atoms with Crippen LogP contribution in [0.5, 0.6) is 5.75 Å². The van der Waals surface area contributed by atoms with Gasteiger partial charge in [0, 0.05) is 25.3 Å². The van der Waals surface area contributed by atoms with Crippen LogP contribution in [-0.4, -0.2) is 50.0 Å². The number of phenols is 1. The number of aliphatic hydroxyl groups excluding tert-OH is 2. The molecule has 0 aromatic heterocycles. The summed E-state index contributed by atoms with van der Waals surface area (Å²) >= 11 is 0. The molecule has 0 fully saturated rings. The van der Waals surface area contributed by atoms with E-state index in [9.17, 15) is 23.7 Å². The Morgan fingerprint density at radius 1 is 0.860 bits per heavy atom. The Labute approximate surface area is 257 Å². The number of nitrogens with one attached hydrogen (secondary N) is 2. The van der Waals surface area contributed by atoms with E-state index < -0.39 is 21.7 Å². The van der Waals surface area contributed by atoms with Crippen LogP contribution in [0.25, 0.3) is 0 Å². The minimum atomic E-state index is -3.67. The van der Waals surface area contributed by atoms with Gasteiger partial charge in [-0.15, -0.1) is 0 Å². The SMILES string of the molecule is CC(C)(NS(=O)(=O)c1cccc(CCCCOCCCCCCNC[C@@H](O)c2ccc(O)c(CO)c2)c1)c1ccccc1. The monoisotopic (exact) mass is 612 g/mol. The van der Waals surface area contributed by atoms with Crippen LogP contribution in [0.3, 0.4) is 0 Å². The summed E-state index contributed by atoms with van der Waals surface area (Å²) in [7, 11) is -3.67. The van der Waals surface area contributed by atoms with Crippen LogP contribution >= 0.6 is 0 Å². The molecule has 5 N–H and O–H groups in total.